The fraction of sp³-hybridized carbons (Fsp3) is 0.600. The van der Waals surface area contributed by atoms with Gasteiger partial charge in [-0.3, -0.25) is 0 Å². The molecule has 1 aromatic rings. The van der Waals surface area contributed by atoms with E-state index in [9.17, 15) is 8.42 Å². The number of halogens is 1. The Morgan fingerprint density at radius 1 is 1.43 bits per heavy atom. The number of sulfonamides is 1. The van der Waals surface area contributed by atoms with Crippen LogP contribution < -0.4 is 5.32 Å². The minimum Gasteiger partial charge on any atom is -0.313 e. The standard InChI is InChI=1S/C15H23ClN2O2S/c1-11(2)18(10-13-5-4-8-17-13)21(19,20)15-7-6-12(3)9-14(15)16/h6-7,9,11,13,17H,4-5,8,10H2,1-3H3. The summed E-state index contributed by atoms with van der Waals surface area (Å²) in [6, 6.07) is 5.21. The summed E-state index contributed by atoms with van der Waals surface area (Å²) in [6.45, 7) is 7.14. The molecule has 1 heterocycles. The molecular formula is C15H23ClN2O2S. The van der Waals surface area contributed by atoms with Crippen LogP contribution >= 0.6 is 11.6 Å². The first kappa shape index (κ1) is 16.7. The van der Waals surface area contributed by atoms with E-state index >= 15 is 0 Å². The van der Waals surface area contributed by atoms with Gasteiger partial charge in [0.05, 0.1) is 5.02 Å². The van der Waals surface area contributed by atoms with Crippen molar-refractivity contribution in [3.05, 3.63) is 28.8 Å². The highest BCUT2D eigenvalue weighted by molar-refractivity contribution is 7.89. The van der Waals surface area contributed by atoms with E-state index < -0.39 is 10.0 Å². The zero-order valence-corrected chi connectivity index (χ0v) is 14.3. The maximum atomic E-state index is 12.9. The van der Waals surface area contributed by atoms with E-state index in [1.54, 1.807) is 22.5 Å². The Morgan fingerprint density at radius 3 is 2.67 bits per heavy atom. The summed E-state index contributed by atoms with van der Waals surface area (Å²) in [5, 5.41) is 3.64. The van der Waals surface area contributed by atoms with Gasteiger partial charge in [0.25, 0.3) is 0 Å². The lowest BCUT2D eigenvalue weighted by molar-refractivity contribution is 0.322. The molecule has 4 nitrogen and oxygen atoms in total. The third-order valence-corrected chi connectivity index (χ3v) is 6.34. The van der Waals surface area contributed by atoms with E-state index in [-0.39, 0.29) is 17.0 Å². The second kappa shape index (κ2) is 6.65. The first-order valence-corrected chi connectivity index (χ1v) is 9.15. The van der Waals surface area contributed by atoms with Gasteiger partial charge in [-0.2, -0.15) is 4.31 Å². The molecule has 1 atom stereocenters. The molecule has 0 aliphatic carbocycles. The summed E-state index contributed by atoms with van der Waals surface area (Å²) >= 11 is 6.16. The molecule has 1 N–H and O–H groups in total. The Labute approximate surface area is 132 Å². The van der Waals surface area contributed by atoms with Crippen molar-refractivity contribution in [3.63, 3.8) is 0 Å². The largest absolute Gasteiger partial charge is 0.313 e. The van der Waals surface area contributed by atoms with Crippen LogP contribution in [0.1, 0.15) is 32.3 Å². The Bertz CT molecular complexity index is 596. The Balaban J connectivity index is 2.32. The lowest BCUT2D eigenvalue weighted by Gasteiger charge is -2.29. The van der Waals surface area contributed by atoms with Crippen LogP contribution in [0.25, 0.3) is 0 Å². The Kier molecular flexibility index (Phi) is 5.30. The summed E-state index contributed by atoms with van der Waals surface area (Å²) in [5.41, 5.74) is 0.951. The van der Waals surface area contributed by atoms with Gasteiger partial charge >= 0.3 is 0 Å². The second-order valence-corrected chi connectivity index (χ2v) is 8.16. The molecule has 1 fully saturated rings. The van der Waals surface area contributed by atoms with Gasteiger partial charge in [-0.15, -0.1) is 0 Å². The predicted octanol–water partition coefficient (Wildman–Crippen LogP) is 2.80. The fourth-order valence-corrected chi connectivity index (χ4v) is 4.91. The van der Waals surface area contributed by atoms with Crippen molar-refractivity contribution in [1.29, 1.82) is 0 Å². The number of hydrogen-bond donors (Lipinski definition) is 1. The van der Waals surface area contributed by atoms with Crippen LogP contribution in [0.15, 0.2) is 23.1 Å². The number of aryl methyl sites for hydroxylation is 1. The van der Waals surface area contributed by atoms with Crippen LogP contribution in [0.4, 0.5) is 0 Å². The molecule has 0 aromatic heterocycles. The van der Waals surface area contributed by atoms with E-state index in [0.717, 1.165) is 24.9 Å². The topological polar surface area (TPSA) is 49.4 Å². The van der Waals surface area contributed by atoms with Crippen LogP contribution in [0.2, 0.25) is 5.02 Å². The molecule has 2 rings (SSSR count). The van der Waals surface area contributed by atoms with E-state index in [0.29, 0.717) is 11.6 Å². The van der Waals surface area contributed by atoms with Crippen LogP contribution in [-0.4, -0.2) is 37.9 Å². The molecule has 1 aromatic carbocycles. The molecule has 0 radical (unpaired) electrons. The first-order chi connectivity index (χ1) is 9.82. The minimum absolute atomic E-state index is 0.102. The summed E-state index contributed by atoms with van der Waals surface area (Å²) in [7, 11) is -3.57. The van der Waals surface area contributed by atoms with Crippen molar-refractivity contribution >= 4 is 21.6 Å². The van der Waals surface area contributed by atoms with Gasteiger partial charge in [-0.05, 0) is 57.9 Å². The third-order valence-electron chi connectivity index (χ3n) is 3.81. The molecule has 0 bridgehead atoms. The van der Waals surface area contributed by atoms with Crippen molar-refractivity contribution in [2.24, 2.45) is 0 Å². The lowest BCUT2D eigenvalue weighted by atomic mass is 10.2. The van der Waals surface area contributed by atoms with Crippen LogP contribution in [0, 0.1) is 6.92 Å². The average Bonchev–Trinajstić information content (AvgIpc) is 2.87. The highest BCUT2D eigenvalue weighted by atomic mass is 35.5. The van der Waals surface area contributed by atoms with Crippen molar-refractivity contribution in [2.75, 3.05) is 13.1 Å². The number of hydrogen-bond acceptors (Lipinski definition) is 3. The smallest absolute Gasteiger partial charge is 0.244 e. The summed E-state index contributed by atoms with van der Waals surface area (Å²) < 4.78 is 27.4. The molecule has 0 spiro atoms. The lowest BCUT2D eigenvalue weighted by Crippen LogP contribution is -2.44. The normalized spacial score (nSPS) is 19.6. The van der Waals surface area contributed by atoms with E-state index in [4.69, 9.17) is 11.6 Å². The van der Waals surface area contributed by atoms with Crippen molar-refractivity contribution in [2.45, 2.75) is 50.6 Å². The molecular weight excluding hydrogens is 308 g/mol. The van der Waals surface area contributed by atoms with Gasteiger partial charge < -0.3 is 5.32 Å². The molecule has 0 saturated carbocycles. The van der Waals surface area contributed by atoms with E-state index in [2.05, 4.69) is 5.32 Å². The quantitative estimate of drug-likeness (QED) is 0.903. The van der Waals surface area contributed by atoms with Crippen LogP contribution in [0.3, 0.4) is 0 Å². The second-order valence-electron chi connectivity index (χ2n) is 5.90. The molecule has 0 amide bonds. The molecule has 1 aliphatic heterocycles. The van der Waals surface area contributed by atoms with Gasteiger partial charge in [-0.25, -0.2) is 8.42 Å². The summed E-state index contributed by atoms with van der Waals surface area (Å²) in [5.74, 6) is 0. The monoisotopic (exact) mass is 330 g/mol. The first-order valence-electron chi connectivity index (χ1n) is 7.33. The highest BCUT2D eigenvalue weighted by Crippen LogP contribution is 2.27. The van der Waals surface area contributed by atoms with Crippen molar-refractivity contribution in [3.8, 4) is 0 Å². The third kappa shape index (κ3) is 3.77. The van der Waals surface area contributed by atoms with Gasteiger partial charge in [0, 0.05) is 18.6 Å². The number of nitrogens with one attached hydrogen (secondary N) is 1. The molecule has 6 heteroatoms. The Morgan fingerprint density at radius 2 is 2.14 bits per heavy atom. The molecule has 1 saturated heterocycles. The van der Waals surface area contributed by atoms with E-state index in [1.807, 2.05) is 20.8 Å². The predicted molar refractivity (Wildman–Crippen MR) is 86.2 cm³/mol. The fourth-order valence-electron chi connectivity index (χ4n) is 2.66. The number of nitrogens with zero attached hydrogens (tertiary/aromatic N) is 1. The molecule has 1 unspecified atom stereocenters. The summed E-state index contributed by atoms with van der Waals surface area (Å²) in [4.78, 5) is 0.196. The van der Waals surface area contributed by atoms with Crippen molar-refractivity contribution < 1.29 is 8.42 Å². The summed E-state index contributed by atoms with van der Waals surface area (Å²) in [6.07, 6.45) is 2.11. The highest BCUT2D eigenvalue weighted by Gasteiger charge is 2.31. The van der Waals surface area contributed by atoms with Crippen LogP contribution in [-0.2, 0) is 10.0 Å². The maximum Gasteiger partial charge on any atom is 0.244 e. The zero-order chi connectivity index (χ0) is 15.6. The van der Waals surface area contributed by atoms with Gasteiger partial charge in [0.15, 0.2) is 0 Å². The van der Waals surface area contributed by atoms with Crippen molar-refractivity contribution in [1.82, 2.24) is 9.62 Å². The number of benzene rings is 1. The van der Waals surface area contributed by atoms with Gasteiger partial charge in [0.2, 0.25) is 10.0 Å². The average molecular weight is 331 g/mol. The zero-order valence-electron chi connectivity index (χ0n) is 12.8. The maximum absolute atomic E-state index is 12.9. The SMILES string of the molecule is Cc1ccc(S(=O)(=O)N(CC2CCCN2)C(C)C)c(Cl)c1. The molecule has 21 heavy (non-hydrogen) atoms. The van der Waals surface area contributed by atoms with Gasteiger partial charge in [-0.1, -0.05) is 17.7 Å². The minimum atomic E-state index is -3.57. The molecule has 1 aliphatic rings. The Hall–Kier alpha value is -0.620. The van der Waals surface area contributed by atoms with E-state index in [1.165, 1.54) is 0 Å². The number of rotatable bonds is 5. The van der Waals surface area contributed by atoms with Gasteiger partial charge in [0.1, 0.15) is 4.90 Å². The van der Waals surface area contributed by atoms with Crippen LogP contribution in [0.5, 0.6) is 0 Å². The molecule has 118 valence electrons.